The number of aryl methyl sites for hydroxylation is 4. The molecular weight excluding hydrogens is 256 g/mol. The van der Waals surface area contributed by atoms with Gasteiger partial charge in [-0.15, -0.1) is 0 Å². The second-order valence-electron chi connectivity index (χ2n) is 4.67. The predicted molar refractivity (Wildman–Crippen MR) is 80.4 cm³/mol. The summed E-state index contributed by atoms with van der Waals surface area (Å²) in [6, 6.07) is 4.31. The average Bonchev–Trinajstić information content (AvgIpc) is 2.69. The second-order valence-corrected chi connectivity index (χ2v) is 5.05. The van der Waals surface area contributed by atoms with Crippen molar-refractivity contribution < 1.29 is 0 Å². The largest absolute Gasteiger partial charge is 0.250 e. The minimum atomic E-state index is 0.524. The summed E-state index contributed by atoms with van der Waals surface area (Å²) in [7, 11) is 0. The van der Waals surface area contributed by atoms with E-state index in [9.17, 15) is 0 Å². The molecule has 0 bridgehead atoms. The van der Waals surface area contributed by atoms with Crippen molar-refractivity contribution in [3.63, 3.8) is 0 Å². The van der Waals surface area contributed by atoms with E-state index in [1.165, 1.54) is 16.7 Å². The van der Waals surface area contributed by atoms with Crippen LogP contribution < -0.4 is 0 Å². The van der Waals surface area contributed by atoms with Crippen molar-refractivity contribution in [2.75, 3.05) is 0 Å². The third kappa shape index (κ3) is 2.81. The number of nitrogens with one attached hydrogen (secondary N) is 1. The van der Waals surface area contributed by atoms with Crippen molar-refractivity contribution in [2.24, 2.45) is 5.10 Å². The van der Waals surface area contributed by atoms with Crippen molar-refractivity contribution in [2.45, 2.75) is 34.1 Å². The molecule has 1 heterocycles. The van der Waals surface area contributed by atoms with Gasteiger partial charge >= 0.3 is 0 Å². The molecule has 19 heavy (non-hydrogen) atoms. The van der Waals surface area contributed by atoms with E-state index in [-0.39, 0.29) is 0 Å². The molecule has 0 atom stereocenters. The topological polar surface area (TPSA) is 46.0 Å². The van der Waals surface area contributed by atoms with E-state index < -0.39 is 0 Å². The van der Waals surface area contributed by atoms with Crippen LogP contribution in [-0.2, 0) is 6.42 Å². The molecule has 1 aromatic heterocycles. The molecule has 0 saturated heterocycles. The number of hydrogen-bond donors (Lipinski definition) is 1. The zero-order chi connectivity index (χ0) is 14.0. The van der Waals surface area contributed by atoms with Gasteiger partial charge in [-0.1, -0.05) is 24.6 Å². The first-order valence-corrected chi connectivity index (χ1v) is 6.72. The fourth-order valence-corrected chi connectivity index (χ4v) is 2.38. The van der Waals surface area contributed by atoms with Crippen LogP contribution in [0.3, 0.4) is 0 Å². The lowest BCUT2D eigenvalue weighted by molar-refractivity contribution is 0.780. The Hall–Kier alpha value is -1.75. The number of hydrogen-bond acceptors (Lipinski definition) is 3. The van der Waals surface area contributed by atoms with E-state index in [0.717, 1.165) is 17.8 Å². The van der Waals surface area contributed by atoms with Crippen LogP contribution in [0.1, 0.15) is 35.0 Å². The summed E-state index contributed by atoms with van der Waals surface area (Å²) >= 11 is 5.17. The SMILES string of the molecule is CCc1n[nH]c(=S)n1N=Cc1c(C)cc(C)cc1C. The standard InChI is InChI=1S/C14H18N4S/c1-5-13-16-17-14(19)18(13)15-8-12-10(3)6-9(2)7-11(12)4/h6-8H,5H2,1-4H3,(H,17,19). The van der Waals surface area contributed by atoms with Gasteiger partial charge in [0.2, 0.25) is 4.77 Å². The van der Waals surface area contributed by atoms with E-state index >= 15 is 0 Å². The van der Waals surface area contributed by atoms with Crippen LogP contribution in [0.2, 0.25) is 0 Å². The number of nitrogens with zero attached hydrogens (tertiary/aromatic N) is 3. The Morgan fingerprint density at radius 2 is 1.95 bits per heavy atom. The molecule has 0 aliphatic carbocycles. The highest BCUT2D eigenvalue weighted by Gasteiger charge is 2.04. The monoisotopic (exact) mass is 274 g/mol. The van der Waals surface area contributed by atoms with Crippen LogP contribution in [0.25, 0.3) is 0 Å². The quantitative estimate of drug-likeness (QED) is 0.689. The summed E-state index contributed by atoms with van der Waals surface area (Å²) in [5.74, 6) is 0.837. The minimum absolute atomic E-state index is 0.524. The molecule has 100 valence electrons. The summed E-state index contributed by atoms with van der Waals surface area (Å²) in [5.41, 5.74) is 4.83. The molecule has 0 spiro atoms. The van der Waals surface area contributed by atoms with Gasteiger partial charge in [0, 0.05) is 12.0 Å². The lowest BCUT2D eigenvalue weighted by Crippen LogP contribution is -1.99. The first-order valence-electron chi connectivity index (χ1n) is 6.31. The van der Waals surface area contributed by atoms with E-state index in [1.807, 2.05) is 13.1 Å². The fourth-order valence-electron chi connectivity index (χ4n) is 2.18. The summed E-state index contributed by atoms with van der Waals surface area (Å²) in [5, 5.41) is 11.4. The first kappa shape index (κ1) is 13.7. The van der Waals surface area contributed by atoms with Crippen LogP contribution >= 0.6 is 12.2 Å². The van der Waals surface area contributed by atoms with Crippen molar-refractivity contribution in [1.29, 1.82) is 0 Å². The lowest BCUT2D eigenvalue weighted by Gasteiger charge is -2.06. The van der Waals surface area contributed by atoms with Gasteiger partial charge in [0.1, 0.15) is 0 Å². The van der Waals surface area contributed by atoms with Gasteiger partial charge in [-0.3, -0.25) is 5.10 Å². The molecule has 0 aliphatic heterocycles. The lowest BCUT2D eigenvalue weighted by atomic mass is 10.0. The molecule has 0 unspecified atom stereocenters. The van der Waals surface area contributed by atoms with Crippen LogP contribution in [-0.4, -0.2) is 21.1 Å². The molecule has 2 aromatic rings. The summed E-state index contributed by atoms with van der Waals surface area (Å²) in [4.78, 5) is 0. The zero-order valence-electron chi connectivity index (χ0n) is 11.7. The molecule has 0 fully saturated rings. The number of rotatable bonds is 3. The highest BCUT2D eigenvalue weighted by molar-refractivity contribution is 7.71. The van der Waals surface area contributed by atoms with E-state index in [1.54, 1.807) is 4.68 Å². The number of aromatic nitrogens is 3. The zero-order valence-corrected chi connectivity index (χ0v) is 12.5. The van der Waals surface area contributed by atoms with Gasteiger partial charge < -0.3 is 0 Å². The maximum atomic E-state index is 5.17. The van der Waals surface area contributed by atoms with Gasteiger partial charge in [-0.05, 0) is 44.1 Å². The van der Waals surface area contributed by atoms with Crippen LogP contribution in [0.4, 0.5) is 0 Å². The fraction of sp³-hybridized carbons (Fsp3) is 0.357. The van der Waals surface area contributed by atoms with Crippen LogP contribution in [0, 0.1) is 25.5 Å². The summed E-state index contributed by atoms with van der Waals surface area (Å²) in [6.45, 7) is 8.31. The molecule has 1 N–H and O–H groups in total. The Morgan fingerprint density at radius 1 is 1.32 bits per heavy atom. The van der Waals surface area contributed by atoms with Crippen LogP contribution in [0.5, 0.6) is 0 Å². The van der Waals surface area contributed by atoms with Crippen molar-refractivity contribution in [1.82, 2.24) is 14.9 Å². The molecule has 0 aliphatic rings. The first-order chi connectivity index (χ1) is 9.02. The Morgan fingerprint density at radius 3 is 2.53 bits per heavy atom. The molecular formula is C14H18N4S. The third-order valence-electron chi connectivity index (χ3n) is 3.07. The normalized spacial score (nSPS) is 11.4. The summed E-state index contributed by atoms with van der Waals surface area (Å²) < 4.78 is 2.20. The predicted octanol–water partition coefficient (Wildman–Crippen LogP) is 3.31. The number of benzene rings is 1. The minimum Gasteiger partial charge on any atom is -0.250 e. The van der Waals surface area contributed by atoms with E-state index in [2.05, 4.69) is 48.2 Å². The number of H-pyrrole nitrogens is 1. The molecule has 0 saturated carbocycles. The molecule has 1 aromatic carbocycles. The van der Waals surface area contributed by atoms with Crippen molar-refractivity contribution in [3.8, 4) is 0 Å². The second kappa shape index (κ2) is 5.48. The van der Waals surface area contributed by atoms with E-state index in [4.69, 9.17) is 12.2 Å². The van der Waals surface area contributed by atoms with Gasteiger partial charge in [-0.2, -0.15) is 14.9 Å². The smallest absolute Gasteiger partial charge is 0.216 e. The molecule has 5 heteroatoms. The van der Waals surface area contributed by atoms with E-state index in [0.29, 0.717) is 4.77 Å². The third-order valence-corrected chi connectivity index (χ3v) is 3.34. The maximum absolute atomic E-state index is 5.17. The molecule has 0 amide bonds. The Bertz CT molecular complexity index is 656. The van der Waals surface area contributed by atoms with Crippen molar-refractivity contribution in [3.05, 3.63) is 45.0 Å². The van der Waals surface area contributed by atoms with Gasteiger partial charge in [-0.25, -0.2) is 0 Å². The molecule has 0 radical (unpaired) electrons. The Balaban J connectivity index is 2.44. The van der Waals surface area contributed by atoms with Crippen LogP contribution in [0.15, 0.2) is 17.2 Å². The number of aromatic amines is 1. The van der Waals surface area contributed by atoms with Gasteiger partial charge in [0.15, 0.2) is 5.82 Å². The van der Waals surface area contributed by atoms with Crippen molar-refractivity contribution >= 4 is 18.4 Å². The highest BCUT2D eigenvalue weighted by Crippen LogP contribution is 2.14. The average molecular weight is 274 g/mol. The van der Waals surface area contributed by atoms with Gasteiger partial charge in [0.05, 0.1) is 6.21 Å². The molecule has 4 nitrogen and oxygen atoms in total. The van der Waals surface area contributed by atoms with Gasteiger partial charge in [0.25, 0.3) is 0 Å². The Kier molecular flexibility index (Phi) is 3.95. The maximum Gasteiger partial charge on any atom is 0.216 e. The highest BCUT2D eigenvalue weighted by atomic mass is 32.1. The summed E-state index contributed by atoms with van der Waals surface area (Å²) in [6.07, 6.45) is 2.64. The Labute approximate surface area is 118 Å². The molecule has 2 rings (SSSR count).